The highest BCUT2D eigenvalue weighted by atomic mass is 127. The minimum Gasteiger partial charge on any atom is -0.356 e. The highest BCUT2D eigenvalue weighted by molar-refractivity contribution is 14.0. The zero-order chi connectivity index (χ0) is 15.9. The van der Waals surface area contributed by atoms with Gasteiger partial charge in [-0.05, 0) is 24.6 Å². The van der Waals surface area contributed by atoms with Crippen molar-refractivity contribution >= 4 is 41.5 Å². The van der Waals surface area contributed by atoms with Gasteiger partial charge < -0.3 is 14.7 Å². The maximum absolute atomic E-state index is 5.90. The van der Waals surface area contributed by atoms with Crippen LogP contribution in [0.2, 0.25) is 5.02 Å². The largest absolute Gasteiger partial charge is 0.356 e. The lowest BCUT2D eigenvalue weighted by molar-refractivity contribution is 0.373. The molecule has 1 aromatic carbocycles. The van der Waals surface area contributed by atoms with Crippen molar-refractivity contribution in [1.29, 1.82) is 0 Å². The molecule has 0 unspecified atom stereocenters. The Morgan fingerprint density at radius 2 is 2.04 bits per heavy atom. The summed E-state index contributed by atoms with van der Waals surface area (Å²) in [5.41, 5.74) is 1.17. The molecule has 6 nitrogen and oxygen atoms in total. The summed E-state index contributed by atoms with van der Waals surface area (Å²) in [6.07, 6.45) is 0.661. The number of benzene rings is 1. The number of hydrogen-bond donors (Lipinski definition) is 1. The first kappa shape index (κ1) is 19.7. The van der Waals surface area contributed by atoms with E-state index < -0.39 is 0 Å². The Bertz CT molecular complexity index is 629. The summed E-state index contributed by atoms with van der Waals surface area (Å²) in [6.45, 7) is 3.23. The average molecular weight is 450 g/mol. The standard InChI is InChI=1S/C15H20ClN5O.HI/c1-11-19-14(22-20-11)8-9-18-15(17-2)21(3)10-12-4-6-13(16)7-5-12;/h4-7H,8-10H2,1-3H3,(H,17,18);1H. The lowest BCUT2D eigenvalue weighted by Gasteiger charge is -2.22. The van der Waals surface area contributed by atoms with Crippen LogP contribution in [0.15, 0.2) is 33.8 Å². The summed E-state index contributed by atoms with van der Waals surface area (Å²) in [5.74, 6) is 2.09. The van der Waals surface area contributed by atoms with Crippen molar-refractivity contribution < 1.29 is 4.52 Å². The Labute approximate surface area is 158 Å². The molecule has 0 saturated heterocycles. The van der Waals surface area contributed by atoms with E-state index in [2.05, 4.69) is 20.4 Å². The van der Waals surface area contributed by atoms with E-state index in [0.717, 1.165) is 17.5 Å². The van der Waals surface area contributed by atoms with Crippen molar-refractivity contribution in [1.82, 2.24) is 20.4 Å². The Morgan fingerprint density at radius 1 is 1.35 bits per heavy atom. The highest BCUT2D eigenvalue weighted by Gasteiger charge is 2.08. The van der Waals surface area contributed by atoms with Gasteiger partial charge in [0.25, 0.3) is 0 Å². The second-order valence-electron chi connectivity index (χ2n) is 4.94. The van der Waals surface area contributed by atoms with Crippen LogP contribution in [-0.2, 0) is 13.0 Å². The summed E-state index contributed by atoms with van der Waals surface area (Å²) in [4.78, 5) is 10.5. The number of aliphatic imine (C=N–C) groups is 1. The van der Waals surface area contributed by atoms with Gasteiger partial charge in [0.2, 0.25) is 5.89 Å². The first-order chi connectivity index (χ1) is 10.6. The third-order valence-electron chi connectivity index (χ3n) is 3.10. The molecular formula is C15H21ClIN5O. The Hall–Kier alpha value is -1.35. The molecule has 1 heterocycles. The molecule has 2 aromatic rings. The van der Waals surface area contributed by atoms with Gasteiger partial charge >= 0.3 is 0 Å². The maximum atomic E-state index is 5.90. The van der Waals surface area contributed by atoms with E-state index in [-0.39, 0.29) is 24.0 Å². The molecule has 0 amide bonds. The van der Waals surface area contributed by atoms with E-state index in [1.165, 1.54) is 5.56 Å². The Kier molecular flexibility index (Phi) is 8.32. The number of nitrogens with one attached hydrogen (secondary N) is 1. The molecule has 0 saturated carbocycles. The fourth-order valence-electron chi connectivity index (χ4n) is 2.05. The predicted molar refractivity (Wildman–Crippen MR) is 102 cm³/mol. The molecule has 8 heteroatoms. The van der Waals surface area contributed by atoms with Crippen LogP contribution in [0.5, 0.6) is 0 Å². The number of rotatable bonds is 5. The number of halogens is 2. The Balaban J connectivity index is 0.00000264. The van der Waals surface area contributed by atoms with Crippen LogP contribution in [0.25, 0.3) is 0 Å². The summed E-state index contributed by atoms with van der Waals surface area (Å²) < 4.78 is 5.08. The van der Waals surface area contributed by atoms with Crippen molar-refractivity contribution in [2.75, 3.05) is 20.6 Å². The quantitative estimate of drug-likeness (QED) is 0.432. The molecule has 0 atom stereocenters. The molecule has 0 radical (unpaired) electrons. The van der Waals surface area contributed by atoms with Crippen LogP contribution in [-0.4, -0.2) is 41.6 Å². The van der Waals surface area contributed by atoms with Gasteiger partial charge in [-0.3, -0.25) is 4.99 Å². The van der Waals surface area contributed by atoms with Crippen LogP contribution in [0.1, 0.15) is 17.3 Å². The first-order valence-corrected chi connectivity index (χ1v) is 7.41. The molecule has 0 spiro atoms. The zero-order valence-electron chi connectivity index (χ0n) is 13.4. The smallest absolute Gasteiger partial charge is 0.228 e. The number of aromatic nitrogens is 2. The van der Waals surface area contributed by atoms with Crippen LogP contribution in [0.4, 0.5) is 0 Å². The third-order valence-corrected chi connectivity index (χ3v) is 3.35. The second-order valence-corrected chi connectivity index (χ2v) is 5.38. The minimum atomic E-state index is 0. The number of aryl methyl sites for hydroxylation is 1. The van der Waals surface area contributed by atoms with Crippen molar-refractivity contribution in [2.45, 2.75) is 19.9 Å². The van der Waals surface area contributed by atoms with Crippen LogP contribution >= 0.6 is 35.6 Å². The van der Waals surface area contributed by atoms with Gasteiger partial charge in [-0.2, -0.15) is 4.98 Å². The van der Waals surface area contributed by atoms with E-state index in [1.807, 2.05) is 36.2 Å². The SMILES string of the molecule is CN=C(NCCc1nc(C)no1)N(C)Cc1ccc(Cl)cc1.I. The molecule has 0 bridgehead atoms. The third kappa shape index (κ3) is 6.34. The molecule has 23 heavy (non-hydrogen) atoms. The fourth-order valence-corrected chi connectivity index (χ4v) is 2.17. The zero-order valence-corrected chi connectivity index (χ0v) is 16.5. The molecule has 0 fully saturated rings. The minimum absolute atomic E-state index is 0. The summed E-state index contributed by atoms with van der Waals surface area (Å²) in [5, 5.41) is 7.79. The molecule has 1 aromatic heterocycles. The fraction of sp³-hybridized carbons (Fsp3) is 0.400. The van der Waals surface area contributed by atoms with Gasteiger partial charge in [0.1, 0.15) is 0 Å². The molecule has 0 aliphatic carbocycles. The first-order valence-electron chi connectivity index (χ1n) is 7.04. The van der Waals surface area contributed by atoms with Crippen molar-refractivity contribution in [3.05, 3.63) is 46.6 Å². The highest BCUT2D eigenvalue weighted by Crippen LogP contribution is 2.11. The molecule has 2 rings (SSSR count). The van der Waals surface area contributed by atoms with Gasteiger partial charge in [-0.1, -0.05) is 28.9 Å². The van der Waals surface area contributed by atoms with E-state index in [0.29, 0.717) is 24.7 Å². The van der Waals surface area contributed by atoms with Crippen molar-refractivity contribution in [2.24, 2.45) is 4.99 Å². The molecular weight excluding hydrogens is 429 g/mol. The molecule has 0 aliphatic rings. The predicted octanol–water partition coefficient (Wildman–Crippen LogP) is 2.90. The van der Waals surface area contributed by atoms with Gasteiger partial charge in [0, 0.05) is 38.6 Å². The van der Waals surface area contributed by atoms with E-state index in [9.17, 15) is 0 Å². The normalized spacial score (nSPS) is 11.0. The molecule has 0 aliphatic heterocycles. The summed E-state index contributed by atoms with van der Waals surface area (Å²) in [6, 6.07) is 7.79. The van der Waals surface area contributed by atoms with E-state index in [4.69, 9.17) is 16.1 Å². The van der Waals surface area contributed by atoms with Gasteiger partial charge in [-0.15, -0.1) is 24.0 Å². The van der Waals surface area contributed by atoms with Crippen LogP contribution in [0.3, 0.4) is 0 Å². The monoisotopic (exact) mass is 449 g/mol. The van der Waals surface area contributed by atoms with Crippen molar-refractivity contribution in [3.8, 4) is 0 Å². The number of hydrogen-bond acceptors (Lipinski definition) is 4. The topological polar surface area (TPSA) is 66.5 Å². The van der Waals surface area contributed by atoms with E-state index >= 15 is 0 Å². The van der Waals surface area contributed by atoms with Crippen LogP contribution in [0, 0.1) is 6.92 Å². The number of guanidine groups is 1. The Morgan fingerprint density at radius 3 is 2.61 bits per heavy atom. The van der Waals surface area contributed by atoms with Crippen LogP contribution < -0.4 is 5.32 Å². The van der Waals surface area contributed by atoms with Gasteiger partial charge in [-0.25, -0.2) is 0 Å². The summed E-state index contributed by atoms with van der Waals surface area (Å²) >= 11 is 5.90. The van der Waals surface area contributed by atoms with Crippen molar-refractivity contribution in [3.63, 3.8) is 0 Å². The number of nitrogens with zero attached hydrogens (tertiary/aromatic N) is 4. The average Bonchev–Trinajstić information content (AvgIpc) is 2.91. The van der Waals surface area contributed by atoms with E-state index in [1.54, 1.807) is 14.0 Å². The lowest BCUT2D eigenvalue weighted by atomic mass is 10.2. The lowest BCUT2D eigenvalue weighted by Crippen LogP contribution is -2.39. The van der Waals surface area contributed by atoms with Gasteiger partial charge in [0.05, 0.1) is 0 Å². The molecule has 126 valence electrons. The summed E-state index contributed by atoms with van der Waals surface area (Å²) in [7, 11) is 3.75. The molecule has 1 N–H and O–H groups in total. The maximum Gasteiger partial charge on any atom is 0.228 e. The second kappa shape index (κ2) is 9.71. The van der Waals surface area contributed by atoms with Gasteiger partial charge in [0.15, 0.2) is 11.8 Å².